The number of nitrogens with zero attached hydrogens (tertiary/aromatic N) is 3. The predicted octanol–water partition coefficient (Wildman–Crippen LogP) is 1.35. The van der Waals surface area contributed by atoms with E-state index < -0.39 is 0 Å². The lowest BCUT2D eigenvalue weighted by atomic mass is 10.1. The molecule has 15 heavy (non-hydrogen) atoms. The van der Waals surface area contributed by atoms with Crippen LogP contribution in [0.5, 0.6) is 0 Å². The van der Waals surface area contributed by atoms with Crippen LogP contribution >= 0.6 is 0 Å². The molecule has 0 N–H and O–H groups in total. The maximum atomic E-state index is 12.0. The number of rotatable bonds is 2. The van der Waals surface area contributed by atoms with Crippen LogP contribution in [0.2, 0.25) is 0 Å². The van der Waals surface area contributed by atoms with Crippen LogP contribution in [-0.2, 0) is 7.05 Å². The smallest absolute Gasteiger partial charge is 0.211 e. The molecule has 2 heterocycles. The summed E-state index contributed by atoms with van der Waals surface area (Å²) in [7, 11) is 1.75. The first-order chi connectivity index (χ1) is 7.18. The Labute approximate surface area is 87.6 Å². The van der Waals surface area contributed by atoms with E-state index in [1.165, 1.54) is 0 Å². The van der Waals surface area contributed by atoms with Gasteiger partial charge in [-0.1, -0.05) is 0 Å². The van der Waals surface area contributed by atoms with Crippen LogP contribution in [-0.4, -0.2) is 20.5 Å². The van der Waals surface area contributed by atoms with E-state index in [4.69, 9.17) is 0 Å². The van der Waals surface area contributed by atoms with Gasteiger partial charge in [-0.15, -0.1) is 0 Å². The summed E-state index contributed by atoms with van der Waals surface area (Å²) in [5, 5.41) is 3.97. The van der Waals surface area contributed by atoms with Crippen molar-refractivity contribution in [3.05, 3.63) is 47.5 Å². The van der Waals surface area contributed by atoms with E-state index in [9.17, 15) is 4.79 Å². The van der Waals surface area contributed by atoms with Crippen molar-refractivity contribution in [1.29, 1.82) is 0 Å². The molecule has 0 saturated heterocycles. The lowest BCUT2D eigenvalue weighted by molar-refractivity contribution is 0.103. The van der Waals surface area contributed by atoms with Gasteiger partial charge in [0.1, 0.15) is 5.69 Å². The number of carbonyl (C=O) groups excluding carboxylic acids is 1. The van der Waals surface area contributed by atoms with Crippen molar-refractivity contribution >= 4 is 5.78 Å². The average Bonchev–Trinajstić information content (AvgIpc) is 2.63. The molecule has 0 spiro atoms. The van der Waals surface area contributed by atoms with Crippen LogP contribution in [0.1, 0.15) is 21.7 Å². The fourth-order valence-electron chi connectivity index (χ4n) is 1.43. The maximum absolute atomic E-state index is 12.0. The highest BCUT2D eigenvalue weighted by Crippen LogP contribution is 2.08. The molecule has 4 nitrogen and oxygen atoms in total. The Morgan fingerprint density at radius 1 is 1.33 bits per heavy atom. The Hall–Kier alpha value is -1.97. The summed E-state index contributed by atoms with van der Waals surface area (Å²) >= 11 is 0. The Kier molecular flexibility index (Phi) is 2.33. The normalized spacial score (nSPS) is 10.3. The van der Waals surface area contributed by atoms with Crippen LogP contribution in [0.3, 0.4) is 0 Å². The minimum Gasteiger partial charge on any atom is -0.287 e. The van der Waals surface area contributed by atoms with Gasteiger partial charge in [-0.2, -0.15) is 5.10 Å². The zero-order valence-electron chi connectivity index (χ0n) is 8.64. The second kappa shape index (κ2) is 3.65. The molecule has 0 unspecified atom stereocenters. The zero-order chi connectivity index (χ0) is 10.8. The van der Waals surface area contributed by atoms with Crippen LogP contribution in [0.15, 0.2) is 30.6 Å². The molecule has 2 aromatic rings. The molecule has 76 valence electrons. The van der Waals surface area contributed by atoms with E-state index in [1.54, 1.807) is 42.3 Å². The largest absolute Gasteiger partial charge is 0.287 e. The maximum Gasteiger partial charge on any atom is 0.211 e. The van der Waals surface area contributed by atoms with Gasteiger partial charge in [0, 0.05) is 30.7 Å². The number of carbonyl (C=O) groups is 1. The summed E-state index contributed by atoms with van der Waals surface area (Å²) in [5.74, 6) is -0.0273. The van der Waals surface area contributed by atoms with E-state index in [1.807, 2.05) is 6.92 Å². The quantitative estimate of drug-likeness (QED) is 0.689. The van der Waals surface area contributed by atoms with E-state index in [2.05, 4.69) is 10.1 Å². The summed E-state index contributed by atoms with van der Waals surface area (Å²) in [4.78, 5) is 16.0. The number of hydrogen-bond donors (Lipinski definition) is 0. The Morgan fingerprint density at radius 3 is 2.73 bits per heavy atom. The highest BCUT2D eigenvalue weighted by molar-refractivity contribution is 6.07. The first kappa shape index (κ1) is 9.58. The highest BCUT2D eigenvalue weighted by Gasteiger charge is 2.12. The third-order valence-corrected chi connectivity index (χ3v) is 2.21. The number of ketones is 1. The van der Waals surface area contributed by atoms with Crippen LogP contribution < -0.4 is 0 Å². The molecule has 2 aromatic heterocycles. The van der Waals surface area contributed by atoms with Crippen molar-refractivity contribution in [2.24, 2.45) is 7.05 Å². The molecular formula is C11H11N3O. The summed E-state index contributed by atoms with van der Waals surface area (Å²) in [6.45, 7) is 1.86. The Bertz CT molecular complexity index is 502. The highest BCUT2D eigenvalue weighted by atomic mass is 16.1. The minimum atomic E-state index is -0.0273. The average molecular weight is 201 g/mol. The van der Waals surface area contributed by atoms with Crippen molar-refractivity contribution in [1.82, 2.24) is 14.8 Å². The third-order valence-electron chi connectivity index (χ3n) is 2.21. The number of aryl methyl sites for hydroxylation is 2. The second-order valence-corrected chi connectivity index (χ2v) is 3.36. The molecule has 0 radical (unpaired) electrons. The molecule has 0 atom stereocenters. The van der Waals surface area contributed by atoms with Crippen molar-refractivity contribution < 1.29 is 4.79 Å². The standard InChI is InChI=1S/C11H11N3O/c1-8-7-9(3-5-12-8)11(15)10-4-6-13-14(10)2/h3-7H,1-2H3. The molecule has 0 saturated carbocycles. The van der Waals surface area contributed by atoms with Gasteiger partial charge in [0.15, 0.2) is 0 Å². The van der Waals surface area contributed by atoms with E-state index >= 15 is 0 Å². The predicted molar refractivity (Wildman–Crippen MR) is 55.6 cm³/mol. The van der Waals surface area contributed by atoms with Gasteiger partial charge in [0.25, 0.3) is 0 Å². The molecule has 0 amide bonds. The SMILES string of the molecule is Cc1cc(C(=O)c2ccnn2C)ccn1. The molecular weight excluding hydrogens is 190 g/mol. The fourth-order valence-corrected chi connectivity index (χ4v) is 1.43. The molecule has 0 aromatic carbocycles. The van der Waals surface area contributed by atoms with Gasteiger partial charge < -0.3 is 0 Å². The van der Waals surface area contributed by atoms with Crippen LogP contribution in [0, 0.1) is 6.92 Å². The molecule has 4 heteroatoms. The van der Waals surface area contributed by atoms with Gasteiger partial charge in [0.05, 0.1) is 0 Å². The fraction of sp³-hybridized carbons (Fsp3) is 0.182. The first-order valence-corrected chi connectivity index (χ1v) is 4.64. The van der Waals surface area contributed by atoms with Gasteiger partial charge >= 0.3 is 0 Å². The Balaban J connectivity index is 2.41. The topological polar surface area (TPSA) is 47.8 Å². The van der Waals surface area contributed by atoms with Crippen molar-refractivity contribution in [2.75, 3.05) is 0 Å². The van der Waals surface area contributed by atoms with E-state index in [-0.39, 0.29) is 5.78 Å². The van der Waals surface area contributed by atoms with Crippen molar-refractivity contribution in [3.63, 3.8) is 0 Å². The summed E-state index contributed by atoms with van der Waals surface area (Å²) in [5.41, 5.74) is 2.06. The zero-order valence-corrected chi connectivity index (χ0v) is 8.64. The summed E-state index contributed by atoms with van der Waals surface area (Å²) in [6.07, 6.45) is 3.25. The molecule has 0 aliphatic rings. The van der Waals surface area contributed by atoms with Crippen LogP contribution in [0.25, 0.3) is 0 Å². The number of aromatic nitrogens is 3. The van der Waals surface area contributed by atoms with Crippen molar-refractivity contribution in [3.8, 4) is 0 Å². The summed E-state index contributed by atoms with van der Waals surface area (Å²) < 4.78 is 1.57. The van der Waals surface area contributed by atoms with Gasteiger partial charge in [-0.3, -0.25) is 14.5 Å². The molecule has 0 aliphatic carbocycles. The van der Waals surface area contributed by atoms with Gasteiger partial charge in [0.2, 0.25) is 5.78 Å². The van der Waals surface area contributed by atoms with Crippen LogP contribution in [0.4, 0.5) is 0 Å². The van der Waals surface area contributed by atoms with Crippen molar-refractivity contribution in [2.45, 2.75) is 6.92 Å². The first-order valence-electron chi connectivity index (χ1n) is 4.64. The number of hydrogen-bond acceptors (Lipinski definition) is 3. The van der Waals surface area contributed by atoms with Gasteiger partial charge in [-0.05, 0) is 25.1 Å². The second-order valence-electron chi connectivity index (χ2n) is 3.36. The monoisotopic (exact) mass is 201 g/mol. The van der Waals surface area contributed by atoms with Gasteiger partial charge in [-0.25, -0.2) is 0 Å². The Morgan fingerprint density at radius 2 is 2.13 bits per heavy atom. The molecule has 0 bridgehead atoms. The minimum absolute atomic E-state index is 0.0273. The van der Waals surface area contributed by atoms with E-state index in [0.29, 0.717) is 11.3 Å². The summed E-state index contributed by atoms with van der Waals surface area (Å²) in [6, 6.07) is 5.19. The number of pyridine rings is 1. The molecule has 0 fully saturated rings. The molecule has 2 rings (SSSR count). The lowest BCUT2D eigenvalue weighted by Crippen LogP contribution is -2.08. The van der Waals surface area contributed by atoms with E-state index in [0.717, 1.165) is 5.69 Å². The molecule has 0 aliphatic heterocycles. The third kappa shape index (κ3) is 1.79. The lowest BCUT2D eigenvalue weighted by Gasteiger charge is -2.01.